The third kappa shape index (κ3) is 2.85. The van der Waals surface area contributed by atoms with Crippen LogP contribution in [0.4, 0.5) is 5.69 Å². The molecule has 0 saturated heterocycles. The molecule has 18 heavy (non-hydrogen) atoms. The van der Waals surface area contributed by atoms with E-state index in [1.165, 1.54) is 5.56 Å². The Morgan fingerprint density at radius 3 is 2.50 bits per heavy atom. The first-order valence-corrected chi connectivity index (χ1v) is 5.57. The number of aliphatic carboxylic acids is 1. The molecule has 2 N–H and O–H groups in total. The molecule has 0 aliphatic heterocycles. The van der Waals surface area contributed by atoms with Gasteiger partial charge in [-0.3, -0.25) is 9.59 Å². The topological polar surface area (TPSA) is 66.4 Å². The summed E-state index contributed by atoms with van der Waals surface area (Å²) < 4.78 is 0. The van der Waals surface area contributed by atoms with Crippen molar-refractivity contribution in [2.45, 2.75) is 13.3 Å². The SMILES string of the molecule is Cc1ccc2cc(NC(=O)CC(=O)O)ccc2c1. The van der Waals surface area contributed by atoms with E-state index in [9.17, 15) is 9.59 Å². The predicted octanol–water partition coefficient (Wildman–Crippen LogP) is 2.56. The first-order chi connectivity index (χ1) is 8.54. The Hall–Kier alpha value is -2.36. The molecule has 1 amide bonds. The van der Waals surface area contributed by atoms with Crippen LogP contribution in [-0.2, 0) is 9.59 Å². The van der Waals surface area contributed by atoms with Crippen LogP contribution in [0.25, 0.3) is 10.8 Å². The molecule has 0 saturated carbocycles. The first kappa shape index (κ1) is 12.1. The molecule has 0 atom stereocenters. The minimum absolute atomic E-state index is 0.519. The largest absolute Gasteiger partial charge is 0.481 e. The summed E-state index contributed by atoms with van der Waals surface area (Å²) in [6, 6.07) is 11.5. The van der Waals surface area contributed by atoms with E-state index in [2.05, 4.69) is 11.4 Å². The van der Waals surface area contributed by atoms with E-state index in [0.717, 1.165) is 10.8 Å². The summed E-state index contributed by atoms with van der Waals surface area (Å²) in [6.45, 7) is 2.02. The zero-order valence-electron chi connectivity index (χ0n) is 9.93. The maximum absolute atomic E-state index is 11.3. The molecule has 0 aliphatic rings. The van der Waals surface area contributed by atoms with E-state index in [1.54, 1.807) is 6.07 Å². The molecule has 0 aliphatic carbocycles. The Labute approximate surface area is 104 Å². The van der Waals surface area contributed by atoms with Crippen LogP contribution in [-0.4, -0.2) is 17.0 Å². The van der Waals surface area contributed by atoms with Crippen LogP contribution in [0, 0.1) is 6.92 Å². The summed E-state index contributed by atoms with van der Waals surface area (Å²) in [6.07, 6.45) is -0.522. The van der Waals surface area contributed by atoms with Crippen molar-refractivity contribution in [2.24, 2.45) is 0 Å². The zero-order chi connectivity index (χ0) is 13.1. The van der Waals surface area contributed by atoms with Crippen LogP contribution in [0.1, 0.15) is 12.0 Å². The molecule has 0 spiro atoms. The van der Waals surface area contributed by atoms with Gasteiger partial charge in [0.15, 0.2) is 0 Å². The fourth-order valence-electron chi connectivity index (χ4n) is 1.79. The zero-order valence-corrected chi connectivity index (χ0v) is 9.93. The monoisotopic (exact) mass is 243 g/mol. The van der Waals surface area contributed by atoms with Crippen LogP contribution in [0.5, 0.6) is 0 Å². The number of hydrogen-bond donors (Lipinski definition) is 2. The van der Waals surface area contributed by atoms with Gasteiger partial charge in [0.1, 0.15) is 6.42 Å². The Bertz CT molecular complexity index is 619. The number of carbonyl (C=O) groups is 2. The highest BCUT2D eigenvalue weighted by molar-refractivity contribution is 6.02. The van der Waals surface area contributed by atoms with Gasteiger partial charge in [0, 0.05) is 5.69 Å². The Balaban J connectivity index is 2.22. The maximum atomic E-state index is 11.3. The molecule has 0 heterocycles. The number of anilines is 1. The number of nitrogens with one attached hydrogen (secondary N) is 1. The maximum Gasteiger partial charge on any atom is 0.312 e. The molecule has 0 bridgehead atoms. The number of rotatable bonds is 3. The van der Waals surface area contributed by atoms with Crippen LogP contribution in [0.15, 0.2) is 36.4 Å². The average molecular weight is 243 g/mol. The van der Waals surface area contributed by atoms with Gasteiger partial charge in [-0.05, 0) is 29.8 Å². The predicted molar refractivity (Wildman–Crippen MR) is 69.6 cm³/mol. The van der Waals surface area contributed by atoms with Crippen LogP contribution in [0.2, 0.25) is 0 Å². The van der Waals surface area contributed by atoms with Crippen molar-refractivity contribution >= 4 is 28.3 Å². The number of carboxylic acid groups (broad SMARTS) is 1. The molecular formula is C14H13NO3. The van der Waals surface area contributed by atoms with Gasteiger partial charge in [-0.25, -0.2) is 0 Å². The summed E-state index contributed by atoms with van der Waals surface area (Å²) in [5.41, 5.74) is 1.78. The van der Waals surface area contributed by atoms with Gasteiger partial charge < -0.3 is 10.4 Å². The third-order valence-electron chi connectivity index (χ3n) is 2.59. The lowest BCUT2D eigenvalue weighted by molar-refractivity contribution is -0.139. The standard InChI is InChI=1S/C14H13NO3/c1-9-2-3-11-7-12(5-4-10(11)6-9)15-13(16)8-14(17)18/h2-7H,8H2,1H3,(H,15,16)(H,17,18). The molecule has 4 nitrogen and oxygen atoms in total. The number of benzene rings is 2. The lowest BCUT2D eigenvalue weighted by atomic mass is 10.1. The highest BCUT2D eigenvalue weighted by atomic mass is 16.4. The normalized spacial score (nSPS) is 10.3. The van der Waals surface area contributed by atoms with Crippen molar-refractivity contribution in [3.05, 3.63) is 42.0 Å². The number of amides is 1. The second-order valence-corrected chi connectivity index (χ2v) is 4.18. The molecule has 0 fully saturated rings. The van der Waals surface area contributed by atoms with Crippen molar-refractivity contribution < 1.29 is 14.7 Å². The Kier molecular flexibility index (Phi) is 3.28. The highest BCUT2D eigenvalue weighted by Gasteiger charge is 2.07. The van der Waals surface area contributed by atoms with E-state index < -0.39 is 18.3 Å². The number of aryl methyl sites for hydroxylation is 1. The van der Waals surface area contributed by atoms with Gasteiger partial charge in [0.25, 0.3) is 0 Å². The van der Waals surface area contributed by atoms with Gasteiger partial charge in [-0.15, -0.1) is 0 Å². The van der Waals surface area contributed by atoms with Crippen LogP contribution < -0.4 is 5.32 Å². The fourth-order valence-corrected chi connectivity index (χ4v) is 1.79. The van der Waals surface area contributed by atoms with Crippen molar-refractivity contribution in [1.82, 2.24) is 0 Å². The molecule has 0 aromatic heterocycles. The quantitative estimate of drug-likeness (QED) is 0.814. The molecule has 4 heteroatoms. The number of carbonyl (C=O) groups excluding carboxylic acids is 1. The lowest BCUT2D eigenvalue weighted by Crippen LogP contribution is -2.15. The number of carboxylic acids is 1. The van der Waals surface area contributed by atoms with Gasteiger partial charge in [0.2, 0.25) is 5.91 Å². The number of hydrogen-bond acceptors (Lipinski definition) is 2. The third-order valence-corrected chi connectivity index (χ3v) is 2.59. The van der Waals surface area contributed by atoms with Gasteiger partial charge >= 0.3 is 5.97 Å². The van der Waals surface area contributed by atoms with Gasteiger partial charge in [0.05, 0.1) is 0 Å². The Morgan fingerprint density at radius 1 is 1.11 bits per heavy atom. The molecule has 0 radical (unpaired) electrons. The summed E-state index contributed by atoms with van der Waals surface area (Å²) in [5.74, 6) is -1.65. The van der Waals surface area contributed by atoms with Crippen LogP contribution in [0.3, 0.4) is 0 Å². The Morgan fingerprint density at radius 2 is 1.78 bits per heavy atom. The molecule has 0 unspecified atom stereocenters. The number of fused-ring (bicyclic) bond motifs is 1. The highest BCUT2D eigenvalue weighted by Crippen LogP contribution is 2.20. The van der Waals surface area contributed by atoms with E-state index in [-0.39, 0.29) is 0 Å². The summed E-state index contributed by atoms with van der Waals surface area (Å²) in [4.78, 5) is 21.7. The van der Waals surface area contributed by atoms with Crippen molar-refractivity contribution in [3.8, 4) is 0 Å². The van der Waals surface area contributed by atoms with Crippen LogP contribution >= 0.6 is 0 Å². The van der Waals surface area contributed by atoms with Gasteiger partial charge in [-0.2, -0.15) is 0 Å². The summed E-state index contributed by atoms with van der Waals surface area (Å²) in [5, 5.41) is 13.2. The van der Waals surface area contributed by atoms with Crippen molar-refractivity contribution in [3.63, 3.8) is 0 Å². The van der Waals surface area contributed by atoms with E-state index in [1.807, 2.05) is 31.2 Å². The van der Waals surface area contributed by atoms with Crippen molar-refractivity contribution in [2.75, 3.05) is 5.32 Å². The lowest BCUT2D eigenvalue weighted by Gasteiger charge is -2.06. The summed E-state index contributed by atoms with van der Waals surface area (Å²) in [7, 11) is 0. The first-order valence-electron chi connectivity index (χ1n) is 5.57. The summed E-state index contributed by atoms with van der Waals surface area (Å²) >= 11 is 0. The fraction of sp³-hybridized carbons (Fsp3) is 0.143. The van der Waals surface area contributed by atoms with Crippen molar-refractivity contribution in [1.29, 1.82) is 0 Å². The van der Waals surface area contributed by atoms with Gasteiger partial charge in [-0.1, -0.05) is 29.8 Å². The molecule has 92 valence electrons. The minimum atomic E-state index is -1.14. The minimum Gasteiger partial charge on any atom is -0.481 e. The van der Waals surface area contributed by atoms with E-state index in [0.29, 0.717) is 5.69 Å². The molecular weight excluding hydrogens is 230 g/mol. The molecule has 2 aromatic carbocycles. The molecule has 2 rings (SSSR count). The average Bonchev–Trinajstić information content (AvgIpc) is 2.28. The molecule has 2 aromatic rings. The van der Waals surface area contributed by atoms with E-state index in [4.69, 9.17) is 5.11 Å². The smallest absolute Gasteiger partial charge is 0.312 e. The van der Waals surface area contributed by atoms with E-state index >= 15 is 0 Å². The second-order valence-electron chi connectivity index (χ2n) is 4.18. The second kappa shape index (κ2) is 4.87.